The predicted molar refractivity (Wildman–Crippen MR) is 242 cm³/mol. The minimum Gasteiger partial charge on any atom is -0.497 e. The van der Waals surface area contributed by atoms with Crippen LogP contribution in [-0.4, -0.2) is 98.5 Å². The Balaban J connectivity index is 1.40. The summed E-state index contributed by atoms with van der Waals surface area (Å²) in [4.78, 5) is 36.9. The maximum atomic E-state index is 13.4. The number of rotatable bonds is 15. The normalized spacial score (nSPS) is 18.6. The van der Waals surface area contributed by atoms with E-state index >= 15 is 0 Å². The maximum Gasteiger partial charge on any atom is 0.280 e. The molecule has 7 rings (SSSR count). The second kappa shape index (κ2) is 18.0. The molecule has 0 unspecified atom stereocenters. The van der Waals surface area contributed by atoms with E-state index in [1.807, 2.05) is 117 Å². The summed E-state index contributed by atoms with van der Waals surface area (Å²) < 4.78 is 35.0. The molecule has 1 N–H and O–H groups in total. The van der Waals surface area contributed by atoms with E-state index in [0.29, 0.717) is 5.65 Å². The molecule has 4 atom stereocenters. The zero-order valence-electron chi connectivity index (χ0n) is 36.3. The number of aliphatic imine (C=N–C) groups is 2. The Kier molecular flexibility index (Phi) is 12.7. The lowest BCUT2D eigenvalue weighted by Gasteiger charge is -2.40. The van der Waals surface area contributed by atoms with Crippen LogP contribution in [0.2, 0.25) is 18.1 Å². The van der Waals surface area contributed by atoms with E-state index in [1.165, 1.54) is 0 Å². The van der Waals surface area contributed by atoms with Gasteiger partial charge in [-0.15, -0.1) is 0 Å². The largest absolute Gasteiger partial charge is 0.497 e. The predicted octanol–water partition coefficient (Wildman–Crippen LogP) is 8.14. The van der Waals surface area contributed by atoms with Gasteiger partial charge in [-0.25, -0.2) is 9.98 Å². The number of aromatic nitrogens is 4. The molecule has 13 nitrogen and oxygen atoms in total. The van der Waals surface area contributed by atoms with E-state index < -0.39 is 44.0 Å². The summed E-state index contributed by atoms with van der Waals surface area (Å²) in [5, 5.41) is -0.161. The van der Waals surface area contributed by atoms with Crippen LogP contribution in [-0.2, 0) is 19.5 Å². The first-order chi connectivity index (χ1) is 29.2. The van der Waals surface area contributed by atoms with Crippen LogP contribution in [0.4, 0.5) is 5.95 Å². The van der Waals surface area contributed by atoms with E-state index in [0.717, 1.165) is 33.8 Å². The first-order valence-electron chi connectivity index (χ1n) is 20.3. The first kappa shape index (κ1) is 43.2. The minimum atomic E-state index is -2.52. The van der Waals surface area contributed by atoms with Gasteiger partial charge in [-0.3, -0.25) is 19.3 Å². The highest BCUT2D eigenvalue weighted by molar-refractivity contribution is 6.74. The second-order valence-electron chi connectivity index (χ2n) is 16.8. The van der Waals surface area contributed by atoms with Gasteiger partial charge in [0.2, 0.25) is 5.95 Å². The molecule has 0 amide bonds. The molecule has 1 aliphatic heterocycles. The smallest absolute Gasteiger partial charge is 0.280 e. The molecule has 318 valence electrons. The van der Waals surface area contributed by atoms with Crippen molar-refractivity contribution in [3.63, 3.8) is 0 Å². The van der Waals surface area contributed by atoms with Crippen molar-refractivity contribution < 1.29 is 23.4 Å². The molecule has 1 fully saturated rings. The number of benzene rings is 4. The van der Waals surface area contributed by atoms with Gasteiger partial charge in [0, 0.05) is 20.3 Å². The van der Waals surface area contributed by atoms with E-state index in [2.05, 4.69) is 61.0 Å². The average molecular weight is 842 g/mol. The van der Waals surface area contributed by atoms with E-state index in [-0.39, 0.29) is 23.1 Å². The molecule has 1 saturated heterocycles. The Labute approximate surface area is 358 Å². The van der Waals surface area contributed by atoms with Gasteiger partial charge < -0.3 is 28.3 Å². The fourth-order valence-corrected chi connectivity index (χ4v) is 8.52. The summed E-state index contributed by atoms with van der Waals surface area (Å²) in [5.74, 6) is 1.58. The third-order valence-corrected chi connectivity index (χ3v) is 16.0. The number of methoxy groups -OCH3 is 2. The average Bonchev–Trinajstić information content (AvgIpc) is 3.83. The van der Waals surface area contributed by atoms with Crippen molar-refractivity contribution in [3.8, 4) is 11.5 Å². The van der Waals surface area contributed by atoms with Crippen molar-refractivity contribution in [2.75, 3.05) is 34.9 Å². The lowest BCUT2D eigenvalue weighted by atomic mass is 9.80. The third-order valence-electron chi connectivity index (χ3n) is 11.5. The summed E-state index contributed by atoms with van der Waals surface area (Å²) in [6, 6.07) is 35.4. The number of nitrogens with one attached hydrogen (secondary N) is 1. The van der Waals surface area contributed by atoms with Crippen LogP contribution in [0.25, 0.3) is 11.2 Å². The quantitative estimate of drug-likeness (QED) is 0.0470. The molecule has 6 aromatic rings. The molecule has 14 heteroatoms. The Bertz CT molecular complexity index is 2450. The topological polar surface area (TPSA) is 138 Å². The Morgan fingerprint density at radius 2 is 1.43 bits per heavy atom. The van der Waals surface area contributed by atoms with Crippen molar-refractivity contribution in [1.82, 2.24) is 24.4 Å². The lowest BCUT2D eigenvalue weighted by molar-refractivity contribution is -0.0850. The SMILES string of the molecule is COc1ccc(C(OC[C@H]2O[C@@H](n3cnc4c(=O)[nH]c(/N=C/N(C)C)nc43)[C@H](O[Si](C)(C)C(C)(C)C)[C@@H]2/N=C/c2ccccc2)(c2ccccc2)c2ccc(OC)cc2)cc1. The highest BCUT2D eigenvalue weighted by Crippen LogP contribution is 2.46. The molecular weight excluding hydrogens is 787 g/mol. The molecule has 4 aromatic carbocycles. The number of ether oxygens (including phenoxy) is 4. The molecular formula is C47H55N7O6Si. The van der Waals surface area contributed by atoms with E-state index in [4.69, 9.17) is 33.3 Å². The maximum absolute atomic E-state index is 13.4. The van der Waals surface area contributed by atoms with E-state index in [1.54, 1.807) is 36.4 Å². The minimum absolute atomic E-state index is 0.0800. The molecule has 2 aromatic heterocycles. The summed E-state index contributed by atoms with van der Waals surface area (Å²) in [6.07, 6.45) is 2.92. The van der Waals surface area contributed by atoms with Crippen LogP contribution in [0, 0.1) is 0 Å². The number of fused-ring (bicyclic) bond motifs is 1. The molecule has 0 bridgehead atoms. The first-order valence-corrected chi connectivity index (χ1v) is 23.2. The summed E-state index contributed by atoms with van der Waals surface area (Å²) in [6.45, 7) is 11.1. The number of hydrogen-bond acceptors (Lipinski definition) is 10. The fourth-order valence-electron chi connectivity index (χ4n) is 7.23. The van der Waals surface area contributed by atoms with Crippen molar-refractivity contribution in [3.05, 3.63) is 148 Å². The molecule has 0 spiro atoms. The van der Waals surface area contributed by atoms with Crippen LogP contribution < -0.4 is 15.0 Å². The lowest BCUT2D eigenvalue weighted by Crippen LogP contribution is -2.48. The van der Waals surface area contributed by atoms with Gasteiger partial charge in [-0.05, 0) is 64.7 Å². The third kappa shape index (κ3) is 9.08. The van der Waals surface area contributed by atoms with Crippen molar-refractivity contribution in [1.29, 1.82) is 0 Å². The molecule has 61 heavy (non-hydrogen) atoms. The van der Waals surface area contributed by atoms with Gasteiger partial charge in [0.1, 0.15) is 35.3 Å². The molecule has 0 saturated carbocycles. The van der Waals surface area contributed by atoms with Gasteiger partial charge >= 0.3 is 0 Å². The van der Waals surface area contributed by atoms with Gasteiger partial charge in [-0.2, -0.15) is 4.98 Å². The highest BCUT2D eigenvalue weighted by Gasteiger charge is 2.52. The van der Waals surface area contributed by atoms with Crippen molar-refractivity contribution in [2.24, 2.45) is 9.98 Å². The summed E-state index contributed by atoms with van der Waals surface area (Å²) in [5.41, 5.74) is 2.53. The number of aromatic amines is 1. The monoisotopic (exact) mass is 841 g/mol. The Morgan fingerprint density at radius 3 is 1.98 bits per heavy atom. The number of hydrogen-bond donors (Lipinski definition) is 1. The fraction of sp³-hybridized carbons (Fsp3) is 0.340. The van der Waals surface area contributed by atoms with Crippen molar-refractivity contribution >= 4 is 38.0 Å². The van der Waals surface area contributed by atoms with Crippen molar-refractivity contribution in [2.45, 2.75) is 69.0 Å². The van der Waals surface area contributed by atoms with Crippen LogP contribution in [0.3, 0.4) is 0 Å². The van der Waals surface area contributed by atoms with Gasteiger partial charge in [0.25, 0.3) is 5.56 Å². The Morgan fingerprint density at radius 1 is 0.852 bits per heavy atom. The molecule has 0 radical (unpaired) electrons. The van der Waals surface area contributed by atoms with Gasteiger partial charge in [0.05, 0.1) is 33.5 Å². The number of imidazole rings is 1. The Hall–Kier alpha value is -5.93. The zero-order chi connectivity index (χ0) is 43.4. The van der Waals surface area contributed by atoms with Crippen LogP contribution >= 0.6 is 0 Å². The number of nitrogens with zero attached hydrogens (tertiary/aromatic N) is 6. The van der Waals surface area contributed by atoms with Crippen LogP contribution in [0.5, 0.6) is 11.5 Å². The van der Waals surface area contributed by atoms with Gasteiger partial charge in [-0.1, -0.05) is 106 Å². The highest BCUT2D eigenvalue weighted by atomic mass is 28.4. The summed E-state index contributed by atoms with van der Waals surface area (Å²) in [7, 11) is 4.46. The molecule has 1 aliphatic rings. The summed E-state index contributed by atoms with van der Waals surface area (Å²) >= 11 is 0. The molecule has 3 heterocycles. The second-order valence-corrected chi connectivity index (χ2v) is 21.6. The molecule has 0 aliphatic carbocycles. The van der Waals surface area contributed by atoms with Gasteiger partial charge in [0.15, 0.2) is 25.7 Å². The van der Waals surface area contributed by atoms with E-state index in [9.17, 15) is 4.79 Å². The number of H-pyrrole nitrogens is 1. The zero-order valence-corrected chi connectivity index (χ0v) is 37.3. The van der Waals surface area contributed by atoms with Crippen LogP contribution in [0.1, 0.15) is 49.3 Å². The van der Waals surface area contributed by atoms with Crippen LogP contribution in [0.15, 0.2) is 130 Å². The standard InChI is InChI=1S/C47H55N7O6Si/c1-46(2,3)61(8,9)60-41-39(48-28-32-16-12-10-13-17-32)38(59-44(41)54-31-49-40-42(54)51-45(52-43(40)55)50-30-53(4)5)29-58-47(33-18-14-11-15-19-33,34-20-24-36(56-6)25-21-34)35-22-26-37(57-7)27-23-35/h10-28,30-31,38-39,41,44H,29H2,1-9H3,(H,51,52,55)/b48-28+,50-30+/t38-,39-,41-,44-/m1/s1.